The first kappa shape index (κ1) is 38.6. The summed E-state index contributed by atoms with van der Waals surface area (Å²) in [4.78, 5) is 0. The summed E-state index contributed by atoms with van der Waals surface area (Å²) in [6, 6.07) is 69.4. The fourth-order valence-electron chi connectivity index (χ4n) is 10.9. The van der Waals surface area contributed by atoms with Crippen molar-refractivity contribution in [3.8, 4) is 22.3 Å². The molecule has 0 heterocycles. The van der Waals surface area contributed by atoms with Crippen molar-refractivity contribution in [2.75, 3.05) is 0 Å². The van der Waals surface area contributed by atoms with Crippen molar-refractivity contribution >= 4 is 77.4 Å². The van der Waals surface area contributed by atoms with Crippen LogP contribution in [-0.4, -0.2) is 12.2 Å². The Kier molecular flexibility index (Phi) is 10.3. The van der Waals surface area contributed by atoms with Crippen molar-refractivity contribution in [3.63, 3.8) is 0 Å². The maximum atomic E-state index is 2.58. The number of hydrogen-bond acceptors (Lipinski definition) is 0. The van der Waals surface area contributed by atoms with E-state index in [1.54, 1.807) is 6.64 Å². The Labute approximate surface area is 348 Å². The standard InChI is InChI=1S/2C20H15.2C6H5.2ClH.GeH2.Hf/c2*1-14-12-16-8-5-11-19(20(16)13-14)18-10-4-7-15-6-2-3-9-17(15)18;2*1-2-4-6-5-3-1;;;;/h2*2-13H,1H3;2*1-5H;2*1H;1H2;. The Balaban J connectivity index is 0.00000220. The number of fused-ring (bicyclic) bond motifs is 4. The van der Waals surface area contributed by atoms with Crippen molar-refractivity contribution in [1.29, 1.82) is 0 Å². The zero-order chi connectivity index (χ0) is 36.5. The Bertz CT molecular complexity index is 2720. The van der Waals surface area contributed by atoms with Gasteiger partial charge in [0, 0.05) is 0 Å². The van der Waals surface area contributed by atoms with Crippen LogP contribution in [0.1, 0.15) is 43.5 Å². The second-order valence-electron chi connectivity index (χ2n) is 15.7. The van der Waals surface area contributed by atoms with Gasteiger partial charge in [-0.3, -0.25) is 0 Å². The Morgan fingerprint density at radius 2 is 0.714 bits per heavy atom. The topological polar surface area (TPSA) is 0 Å². The molecule has 2 aliphatic rings. The number of hydrogen-bond donors (Lipinski definition) is 0. The van der Waals surface area contributed by atoms with Crippen LogP contribution in [-0.2, 0) is 15.4 Å². The molecule has 56 heavy (non-hydrogen) atoms. The van der Waals surface area contributed by atoms with Gasteiger partial charge in [0.2, 0.25) is 0 Å². The van der Waals surface area contributed by atoms with Gasteiger partial charge in [-0.05, 0) is 0 Å². The van der Waals surface area contributed by atoms with E-state index in [2.05, 4.69) is 208 Å². The summed E-state index contributed by atoms with van der Waals surface area (Å²) < 4.78 is 3.83. The molecule has 0 bridgehead atoms. The molecule has 8 aromatic rings. The van der Waals surface area contributed by atoms with Gasteiger partial charge >= 0.3 is 327 Å². The summed E-state index contributed by atoms with van der Waals surface area (Å²) in [5, 5.41) is 5.20. The molecule has 2 aliphatic carbocycles. The van der Waals surface area contributed by atoms with E-state index in [1.807, 2.05) is 0 Å². The van der Waals surface area contributed by atoms with Crippen LogP contribution in [0.4, 0.5) is 0 Å². The van der Waals surface area contributed by atoms with Crippen molar-refractivity contribution < 1.29 is 15.4 Å². The predicted molar refractivity (Wildman–Crippen MR) is 247 cm³/mol. The van der Waals surface area contributed by atoms with E-state index in [9.17, 15) is 0 Å². The minimum absolute atomic E-state index is 0. The van der Waals surface area contributed by atoms with Gasteiger partial charge in [-0.25, -0.2) is 0 Å². The van der Waals surface area contributed by atoms with Gasteiger partial charge in [-0.15, -0.1) is 24.8 Å². The van der Waals surface area contributed by atoms with Crippen LogP contribution in [0.3, 0.4) is 0 Å². The second-order valence-corrected chi connectivity index (χ2v) is 61.9. The molecule has 2 unspecified atom stereocenters. The molecule has 0 N–H and O–H groups in total. The molecule has 0 aromatic heterocycles. The maximum absolute atomic E-state index is 4.83. The van der Waals surface area contributed by atoms with Crippen LogP contribution in [0.5, 0.6) is 0 Å². The van der Waals surface area contributed by atoms with Crippen molar-refractivity contribution in [1.82, 2.24) is 0 Å². The molecule has 0 fully saturated rings. The molecule has 0 nitrogen and oxygen atoms in total. The molecular weight excluding hydrogens is 947 g/mol. The summed E-state index contributed by atoms with van der Waals surface area (Å²) in [7, 11) is 0. The van der Waals surface area contributed by atoms with E-state index in [1.165, 1.54) is 89.4 Å². The SMILES string of the molecule is CC1=Cc2c(-c3cccc4ccccc34)cccc2[CH]1[Hf](=[GeH2])([c]1ccccc1)([c]1ccccc1)[CH]1C(C)=Cc2c(-c3cccc4ccccc34)cccc21.Cl.Cl. The van der Waals surface area contributed by atoms with Crippen LogP contribution in [0, 0.1) is 0 Å². The normalized spacial score (nSPS) is 16.0. The summed E-state index contributed by atoms with van der Waals surface area (Å²) in [6.45, 7) is 4.91. The first-order valence-corrected chi connectivity index (χ1v) is 41.6. The smallest absolute Gasteiger partial charge is 0.147 e. The summed E-state index contributed by atoms with van der Waals surface area (Å²) in [6.07, 6.45) is 5.16. The Morgan fingerprint density at radius 3 is 1.14 bits per heavy atom. The molecule has 0 amide bonds. The molecule has 10 rings (SSSR count). The molecular formula is C52H44Cl2GeHf. The molecule has 2 atom stereocenters. The van der Waals surface area contributed by atoms with Gasteiger partial charge in [0.05, 0.1) is 0 Å². The monoisotopic (exact) mass is 992 g/mol. The number of allylic oxidation sites excluding steroid dienone is 2. The molecule has 8 aromatic carbocycles. The van der Waals surface area contributed by atoms with Crippen molar-refractivity contribution in [2.45, 2.75) is 21.2 Å². The van der Waals surface area contributed by atoms with Gasteiger partial charge in [0.25, 0.3) is 0 Å². The summed E-state index contributed by atoms with van der Waals surface area (Å²) >= 11 is -3.59. The largest absolute Gasteiger partial charge is 0.147 e. The minimum Gasteiger partial charge on any atom is -0.147 e. The molecule has 0 saturated carbocycles. The first-order chi connectivity index (χ1) is 26.5. The third kappa shape index (κ3) is 5.57. The van der Waals surface area contributed by atoms with Gasteiger partial charge in [-0.2, -0.15) is 0 Å². The Hall–Kier alpha value is -4.25. The minimum atomic E-state index is -4.83. The van der Waals surface area contributed by atoms with Gasteiger partial charge < -0.3 is 0 Å². The third-order valence-electron chi connectivity index (χ3n) is 12.9. The predicted octanol–water partition coefficient (Wildman–Crippen LogP) is 12.7. The van der Waals surface area contributed by atoms with Crippen LogP contribution >= 0.6 is 24.8 Å². The molecule has 0 spiro atoms. The Morgan fingerprint density at radius 1 is 0.375 bits per heavy atom. The zero-order valence-corrected chi connectivity index (χ0v) is 39.8. The molecule has 0 radical (unpaired) electrons. The third-order valence-corrected chi connectivity index (χ3v) is 68.2. The van der Waals surface area contributed by atoms with E-state index in [0.717, 1.165) is 0 Å². The van der Waals surface area contributed by atoms with E-state index in [-0.39, 0.29) is 24.8 Å². The molecule has 0 saturated heterocycles. The summed E-state index contributed by atoms with van der Waals surface area (Å²) in [5.74, 6) is 0. The van der Waals surface area contributed by atoms with Gasteiger partial charge in [-0.1, -0.05) is 0 Å². The van der Waals surface area contributed by atoms with E-state index in [0.29, 0.717) is 7.35 Å². The average molecular weight is 991 g/mol. The number of rotatable bonds is 6. The number of halogens is 2. The quantitative estimate of drug-likeness (QED) is 0.146. The summed E-state index contributed by atoms with van der Waals surface area (Å²) in [5.41, 5.74) is 14.2. The van der Waals surface area contributed by atoms with E-state index >= 15 is 0 Å². The van der Waals surface area contributed by atoms with Crippen molar-refractivity contribution in [2.24, 2.45) is 0 Å². The fraction of sp³-hybridized carbons (Fsp3) is 0.0769. The van der Waals surface area contributed by atoms with E-state index in [4.69, 9.17) is 0 Å². The van der Waals surface area contributed by atoms with Crippen LogP contribution in [0.15, 0.2) is 193 Å². The van der Waals surface area contributed by atoms with Gasteiger partial charge in [0.1, 0.15) is 0 Å². The van der Waals surface area contributed by atoms with Crippen LogP contribution < -0.4 is 6.64 Å². The van der Waals surface area contributed by atoms with E-state index < -0.39 is 15.4 Å². The average Bonchev–Trinajstić information content (AvgIpc) is 3.77. The molecule has 0 aliphatic heterocycles. The van der Waals surface area contributed by atoms with Crippen molar-refractivity contribution in [3.05, 3.63) is 215 Å². The second kappa shape index (κ2) is 14.9. The number of benzene rings is 8. The fourth-order valence-corrected chi connectivity index (χ4v) is 66.8. The van der Waals surface area contributed by atoms with Crippen LogP contribution in [0.25, 0.3) is 56.0 Å². The van der Waals surface area contributed by atoms with Gasteiger partial charge in [0.15, 0.2) is 0 Å². The first-order valence-electron chi connectivity index (χ1n) is 19.2. The molecule has 4 heteroatoms. The maximum Gasteiger partial charge on any atom is -0.147 e. The molecule has 274 valence electrons. The van der Waals surface area contributed by atoms with Crippen LogP contribution in [0.2, 0.25) is 0 Å². The zero-order valence-electron chi connectivity index (χ0n) is 31.7.